The van der Waals surface area contributed by atoms with Gasteiger partial charge < -0.3 is 21.3 Å². The molecule has 33 heavy (non-hydrogen) atoms. The summed E-state index contributed by atoms with van der Waals surface area (Å²) < 4.78 is 0. The van der Waals surface area contributed by atoms with Crippen LogP contribution in [0.3, 0.4) is 0 Å². The molecule has 0 spiro atoms. The lowest BCUT2D eigenvalue weighted by Crippen LogP contribution is -2.26. The summed E-state index contributed by atoms with van der Waals surface area (Å²) in [4.78, 5) is 36.1. The molecule has 1 atom stereocenters. The van der Waals surface area contributed by atoms with Crippen molar-refractivity contribution >= 4 is 34.8 Å². The zero-order valence-corrected chi connectivity index (χ0v) is 18.7. The first-order valence-corrected chi connectivity index (χ1v) is 10.8. The summed E-state index contributed by atoms with van der Waals surface area (Å²) in [6.07, 6.45) is 0.405. The van der Waals surface area contributed by atoms with Gasteiger partial charge >= 0.3 is 0 Å². The summed E-state index contributed by atoms with van der Waals surface area (Å²) in [5.41, 5.74) is 3.63. The van der Waals surface area contributed by atoms with Crippen LogP contribution in [0.15, 0.2) is 78.9 Å². The second-order valence-corrected chi connectivity index (χ2v) is 7.56. The minimum atomic E-state index is -0.209. The van der Waals surface area contributed by atoms with Crippen LogP contribution in [-0.4, -0.2) is 24.3 Å². The van der Waals surface area contributed by atoms with Crippen molar-refractivity contribution in [2.45, 2.75) is 26.3 Å². The van der Waals surface area contributed by atoms with Crippen molar-refractivity contribution in [3.05, 3.63) is 90.0 Å². The van der Waals surface area contributed by atoms with Crippen molar-refractivity contribution in [3.8, 4) is 0 Å². The summed E-state index contributed by atoms with van der Waals surface area (Å²) in [6.45, 7) is 3.80. The van der Waals surface area contributed by atoms with E-state index >= 15 is 0 Å². The van der Waals surface area contributed by atoms with Gasteiger partial charge in [-0.1, -0.05) is 37.3 Å². The molecule has 0 bridgehead atoms. The van der Waals surface area contributed by atoms with E-state index in [1.165, 1.54) is 0 Å². The minimum Gasteiger partial charge on any atom is -0.376 e. The molecule has 1 unspecified atom stereocenters. The average molecular weight is 445 g/mol. The van der Waals surface area contributed by atoms with Gasteiger partial charge in [-0.2, -0.15) is 0 Å². The van der Waals surface area contributed by atoms with E-state index < -0.39 is 0 Å². The molecule has 0 aliphatic rings. The van der Waals surface area contributed by atoms with Crippen molar-refractivity contribution in [2.75, 3.05) is 22.5 Å². The third kappa shape index (κ3) is 7.21. The number of anilines is 3. The molecule has 3 aromatic carbocycles. The minimum absolute atomic E-state index is 0.0646. The fraction of sp³-hybridized carbons (Fsp3) is 0.192. The molecule has 3 rings (SSSR count). The van der Waals surface area contributed by atoms with Gasteiger partial charge in [0.25, 0.3) is 5.91 Å². The monoisotopic (exact) mass is 444 g/mol. The Balaban J connectivity index is 1.46. The van der Waals surface area contributed by atoms with E-state index in [1.807, 2.05) is 37.3 Å². The Kier molecular flexibility index (Phi) is 8.18. The van der Waals surface area contributed by atoms with E-state index in [9.17, 15) is 14.4 Å². The van der Waals surface area contributed by atoms with Crippen molar-refractivity contribution in [3.63, 3.8) is 0 Å². The number of carbonyl (C=O) groups is 3. The number of carbonyl (C=O) groups excluding carboxylic acids is 3. The van der Waals surface area contributed by atoms with Gasteiger partial charge in [-0.15, -0.1) is 0 Å². The van der Waals surface area contributed by atoms with Crippen LogP contribution in [0.25, 0.3) is 0 Å². The Labute approximate surface area is 193 Å². The molecule has 0 aliphatic carbocycles. The van der Waals surface area contributed by atoms with Crippen LogP contribution in [0.1, 0.15) is 42.2 Å². The standard InChI is InChI=1S/C26H28N4O3/c1-3-24(31)29-22-13-15-23(16-14-22)30-25(32)17-27-21-11-9-20(10-12-21)26(33)28-18(2)19-7-5-4-6-8-19/h4-16,18,27H,3,17H2,1-2H3,(H,28,33)(H,29,31)(H,30,32). The first kappa shape index (κ1) is 23.5. The molecule has 7 nitrogen and oxygen atoms in total. The predicted molar refractivity (Wildman–Crippen MR) is 131 cm³/mol. The van der Waals surface area contributed by atoms with Crippen LogP contribution in [0.2, 0.25) is 0 Å². The molecule has 0 saturated heterocycles. The zero-order valence-electron chi connectivity index (χ0n) is 18.7. The molecular weight excluding hydrogens is 416 g/mol. The number of hydrogen-bond acceptors (Lipinski definition) is 4. The molecule has 0 aliphatic heterocycles. The highest BCUT2D eigenvalue weighted by molar-refractivity contribution is 5.96. The van der Waals surface area contributed by atoms with E-state index in [-0.39, 0.29) is 30.3 Å². The Hall–Kier alpha value is -4.13. The van der Waals surface area contributed by atoms with Crippen LogP contribution in [-0.2, 0) is 9.59 Å². The highest BCUT2D eigenvalue weighted by atomic mass is 16.2. The SMILES string of the molecule is CCC(=O)Nc1ccc(NC(=O)CNc2ccc(C(=O)NC(C)c3ccccc3)cc2)cc1. The van der Waals surface area contributed by atoms with Crippen molar-refractivity contribution in [2.24, 2.45) is 0 Å². The molecule has 0 radical (unpaired) electrons. The maximum Gasteiger partial charge on any atom is 0.251 e. The Morgan fingerprint density at radius 3 is 1.85 bits per heavy atom. The smallest absolute Gasteiger partial charge is 0.251 e. The van der Waals surface area contributed by atoms with Gasteiger partial charge in [-0.3, -0.25) is 14.4 Å². The summed E-state index contributed by atoms with van der Waals surface area (Å²) in [5.74, 6) is -0.432. The lowest BCUT2D eigenvalue weighted by atomic mass is 10.1. The fourth-order valence-electron chi connectivity index (χ4n) is 3.12. The summed E-state index contributed by atoms with van der Waals surface area (Å²) >= 11 is 0. The Morgan fingerprint density at radius 2 is 1.27 bits per heavy atom. The van der Waals surface area contributed by atoms with Crippen molar-refractivity contribution in [1.29, 1.82) is 0 Å². The highest BCUT2D eigenvalue weighted by Crippen LogP contribution is 2.15. The van der Waals surface area contributed by atoms with Crippen LogP contribution >= 0.6 is 0 Å². The molecule has 0 saturated carbocycles. The van der Waals surface area contributed by atoms with Gasteiger partial charge in [0.2, 0.25) is 11.8 Å². The predicted octanol–water partition coefficient (Wildman–Crippen LogP) is 4.58. The normalized spacial score (nSPS) is 11.2. The maximum atomic E-state index is 12.5. The maximum absolute atomic E-state index is 12.5. The van der Waals surface area contributed by atoms with Gasteiger partial charge in [-0.25, -0.2) is 0 Å². The lowest BCUT2D eigenvalue weighted by molar-refractivity contribution is -0.116. The summed E-state index contributed by atoms with van der Waals surface area (Å²) in [7, 11) is 0. The van der Waals surface area contributed by atoms with E-state index in [4.69, 9.17) is 0 Å². The van der Waals surface area contributed by atoms with E-state index in [2.05, 4.69) is 21.3 Å². The number of rotatable bonds is 9. The van der Waals surface area contributed by atoms with Gasteiger partial charge in [-0.05, 0) is 61.0 Å². The van der Waals surface area contributed by atoms with Crippen molar-refractivity contribution in [1.82, 2.24) is 5.32 Å². The largest absolute Gasteiger partial charge is 0.376 e. The molecule has 4 N–H and O–H groups in total. The molecule has 0 aromatic heterocycles. The third-order valence-electron chi connectivity index (χ3n) is 5.02. The van der Waals surface area contributed by atoms with E-state index in [0.29, 0.717) is 23.4 Å². The van der Waals surface area contributed by atoms with Gasteiger partial charge in [0.15, 0.2) is 0 Å². The molecule has 7 heteroatoms. The molecular formula is C26H28N4O3. The van der Waals surface area contributed by atoms with Crippen LogP contribution in [0.4, 0.5) is 17.1 Å². The number of hydrogen-bond donors (Lipinski definition) is 4. The second kappa shape index (κ2) is 11.5. The van der Waals surface area contributed by atoms with Gasteiger partial charge in [0.1, 0.15) is 0 Å². The number of benzene rings is 3. The molecule has 3 amide bonds. The van der Waals surface area contributed by atoms with Crippen molar-refractivity contribution < 1.29 is 14.4 Å². The highest BCUT2D eigenvalue weighted by Gasteiger charge is 2.11. The third-order valence-corrected chi connectivity index (χ3v) is 5.02. The quantitative estimate of drug-likeness (QED) is 0.388. The summed E-state index contributed by atoms with van der Waals surface area (Å²) in [6, 6.07) is 23.6. The fourth-order valence-corrected chi connectivity index (χ4v) is 3.12. The first-order chi connectivity index (χ1) is 15.9. The van der Waals surface area contributed by atoms with Crippen LogP contribution in [0, 0.1) is 0 Å². The molecule has 0 fully saturated rings. The van der Waals surface area contributed by atoms with Crippen LogP contribution in [0.5, 0.6) is 0 Å². The zero-order chi connectivity index (χ0) is 23.6. The van der Waals surface area contributed by atoms with E-state index in [0.717, 1.165) is 11.3 Å². The van der Waals surface area contributed by atoms with Gasteiger partial charge in [0.05, 0.1) is 12.6 Å². The first-order valence-electron chi connectivity index (χ1n) is 10.8. The number of nitrogens with one attached hydrogen (secondary N) is 4. The topological polar surface area (TPSA) is 99.3 Å². The molecule has 0 heterocycles. The Bertz CT molecular complexity index is 1080. The molecule has 3 aromatic rings. The second-order valence-electron chi connectivity index (χ2n) is 7.56. The van der Waals surface area contributed by atoms with E-state index in [1.54, 1.807) is 55.5 Å². The summed E-state index contributed by atoms with van der Waals surface area (Å²) in [5, 5.41) is 11.6. The Morgan fingerprint density at radius 1 is 0.727 bits per heavy atom. The average Bonchev–Trinajstić information content (AvgIpc) is 2.84. The number of amides is 3. The van der Waals surface area contributed by atoms with Crippen LogP contribution < -0.4 is 21.3 Å². The lowest BCUT2D eigenvalue weighted by Gasteiger charge is -2.14. The van der Waals surface area contributed by atoms with Gasteiger partial charge in [0, 0.05) is 29.0 Å². The molecule has 170 valence electrons.